The number of aromatic amines is 1. The lowest BCUT2D eigenvalue weighted by Gasteiger charge is -2.39. The van der Waals surface area contributed by atoms with E-state index in [1.807, 2.05) is 4.90 Å². The number of piperidine rings is 1. The van der Waals surface area contributed by atoms with E-state index in [0.29, 0.717) is 49.0 Å². The molecular weight excluding hydrogens is 487 g/mol. The van der Waals surface area contributed by atoms with E-state index in [-0.39, 0.29) is 29.5 Å². The first-order valence-corrected chi connectivity index (χ1v) is 11.8. The van der Waals surface area contributed by atoms with Crippen LogP contribution in [0.15, 0.2) is 41.4 Å². The molecule has 3 aromatic rings. The maximum atomic E-state index is 13.5. The van der Waals surface area contributed by atoms with E-state index in [0.717, 1.165) is 0 Å². The Bertz CT molecular complexity index is 1230. The van der Waals surface area contributed by atoms with Gasteiger partial charge >= 0.3 is 0 Å². The summed E-state index contributed by atoms with van der Waals surface area (Å²) in [6, 6.07) is 5.92. The molecule has 0 saturated carbocycles. The van der Waals surface area contributed by atoms with Crippen molar-refractivity contribution >= 4 is 33.6 Å². The fourth-order valence-corrected chi connectivity index (χ4v) is 4.77. The third kappa shape index (κ3) is 5.41. The summed E-state index contributed by atoms with van der Waals surface area (Å²) < 4.78 is 64.1. The van der Waals surface area contributed by atoms with Gasteiger partial charge in [0.15, 0.2) is 28.5 Å². The van der Waals surface area contributed by atoms with E-state index in [1.54, 1.807) is 25.4 Å². The normalized spacial score (nSPS) is 16.9. The monoisotopic (exact) mass is 511 g/mol. The number of rotatable bonds is 8. The van der Waals surface area contributed by atoms with Crippen LogP contribution in [0, 0.1) is 17.5 Å². The van der Waals surface area contributed by atoms with Crippen molar-refractivity contribution in [2.45, 2.75) is 23.3 Å². The first kappa shape index (κ1) is 25.3. The molecule has 1 aromatic heterocycles. The Balaban J connectivity index is 1.48. The van der Waals surface area contributed by atoms with E-state index in [9.17, 15) is 27.3 Å². The number of hydrogen-bond donors (Lipinski definition) is 3. The van der Waals surface area contributed by atoms with Gasteiger partial charge in [-0.15, -0.1) is 0 Å². The molecule has 12 heteroatoms. The highest BCUT2D eigenvalue weighted by Crippen LogP contribution is 2.27. The Morgan fingerprint density at radius 3 is 2.51 bits per heavy atom. The number of anilines is 1. The van der Waals surface area contributed by atoms with Crippen LogP contribution in [0.2, 0.25) is 0 Å². The second-order valence-corrected chi connectivity index (χ2v) is 9.44. The van der Waals surface area contributed by atoms with Crippen LogP contribution in [-0.4, -0.2) is 64.2 Å². The fourth-order valence-electron chi connectivity index (χ4n) is 3.96. The maximum Gasteiger partial charge on any atom is 0.256 e. The number of carbonyl (C=O) groups excluding carboxylic acids is 1. The Kier molecular flexibility index (Phi) is 7.57. The molecule has 2 aromatic carbocycles. The molecule has 8 nitrogen and oxygen atoms in total. The second-order valence-electron chi connectivity index (χ2n) is 8.26. The topological polar surface area (TPSA) is 104 Å². The fraction of sp³-hybridized carbons (Fsp3) is 0.348. The van der Waals surface area contributed by atoms with E-state index in [1.165, 1.54) is 6.07 Å². The second kappa shape index (κ2) is 10.5. The highest BCUT2D eigenvalue weighted by molar-refractivity contribution is 7.80. The van der Waals surface area contributed by atoms with Crippen molar-refractivity contribution < 1.29 is 36.2 Å². The summed E-state index contributed by atoms with van der Waals surface area (Å²) in [6.07, 6.45) is 2.78. The molecule has 1 unspecified atom stereocenters. The molecule has 3 N–H and O–H groups in total. The van der Waals surface area contributed by atoms with Gasteiger partial charge in [0.05, 0.1) is 22.7 Å². The van der Waals surface area contributed by atoms with Crippen molar-refractivity contribution in [3.63, 3.8) is 0 Å². The molecule has 2 heterocycles. The van der Waals surface area contributed by atoms with Gasteiger partial charge in [0.1, 0.15) is 6.73 Å². The average molecular weight is 512 g/mol. The van der Waals surface area contributed by atoms with Gasteiger partial charge in [0.2, 0.25) is 0 Å². The first-order valence-electron chi connectivity index (χ1n) is 10.8. The van der Waals surface area contributed by atoms with Crippen LogP contribution in [0.3, 0.4) is 0 Å². The number of nitrogens with one attached hydrogen (secondary N) is 2. The molecule has 4 rings (SSSR count). The number of benzene rings is 2. The standard InChI is InChI=1S/C23H24F3N3O5S/c1-33-23(12-30)3-6-29(7-4-23)13-34-35(32)15-10-17(16-2-5-27-20(16)11-15)22(31)28-14-8-18(24)21(26)19(25)9-14/h2,5,8-11,27,30H,3-4,6-7,12-13H2,1H3,(H,28,31). The lowest BCUT2D eigenvalue weighted by molar-refractivity contribution is -0.0950. The van der Waals surface area contributed by atoms with Crippen LogP contribution < -0.4 is 5.32 Å². The summed E-state index contributed by atoms with van der Waals surface area (Å²) >= 11 is -1.92. The SMILES string of the molecule is COC1(CO)CCN(COS(=O)c2cc(C(=O)Nc3cc(F)c(F)c(F)c3)c3cc[nH]c3c2)CC1. The van der Waals surface area contributed by atoms with E-state index in [2.05, 4.69) is 10.3 Å². The van der Waals surface area contributed by atoms with Gasteiger partial charge in [-0.1, -0.05) is 0 Å². The number of hydrogen-bond acceptors (Lipinski definition) is 6. The summed E-state index contributed by atoms with van der Waals surface area (Å²) in [5, 5.41) is 12.4. The summed E-state index contributed by atoms with van der Waals surface area (Å²) in [5.74, 6) is -5.23. The minimum Gasteiger partial charge on any atom is -0.393 e. The number of nitrogens with zero attached hydrogens (tertiary/aromatic N) is 1. The lowest BCUT2D eigenvalue weighted by Crippen LogP contribution is -2.48. The molecule has 0 aliphatic carbocycles. The average Bonchev–Trinajstić information content (AvgIpc) is 3.34. The predicted molar refractivity (Wildman–Crippen MR) is 123 cm³/mol. The van der Waals surface area contributed by atoms with E-state index in [4.69, 9.17) is 8.92 Å². The minimum atomic E-state index is -1.92. The Labute approximate surface area is 201 Å². The zero-order valence-electron chi connectivity index (χ0n) is 18.8. The van der Waals surface area contributed by atoms with Crippen LogP contribution in [0.25, 0.3) is 10.9 Å². The van der Waals surface area contributed by atoms with Crippen LogP contribution in [0.5, 0.6) is 0 Å². The number of aliphatic hydroxyl groups is 1. The van der Waals surface area contributed by atoms with Gasteiger partial charge < -0.3 is 20.1 Å². The number of methoxy groups -OCH3 is 1. The van der Waals surface area contributed by atoms with Crippen molar-refractivity contribution in [2.24, 2.45) is 0 Å². The number of fused-ring (bicyclic) bond motifs is 1. The number of carbonyl (C=O) groups is 1. The minimum absolute atomic E-state index is 0.0657. The highest BCUT2D eigenvalue weighted by atomic mass is 32.2. The molecule has 1 atom stereocenters. The summed E-state index contributed by atoms with van der Waals surface area (Å²) in [7, 11) is 1.56. The van der Waals surface area contributed by atoms with Gasteiger partial charge in [0, 0.05) is 55.1 Å². The number of likely N-dealkylation sites (tertiary alicyclic amines) is 1. The molecule has 1 saturated heterocycles. The van der Waals surface area contributed by atoms with Crippen LogP contribution >= 0.6 is 0 Å². The summed E-state index contributed by atoms with van der Waals surface area (Å²) in [4.78, 5) is 18.0. The zero-order chi connectivity index (χ0) is 25.2. The van der Waals surface area contributed by atoms with Crippen molar-refractivity contribution in [3.8, 4) is 0 Å². The van der Waals surface area contributed by atoms with E-state index < -0.39 is 40.0 Å². The molecule has 0 spiro atoms. The van der Waals surface area contributed by atoms with Crippen molar-refractivity contribution in [3.05, 3.63) is 59.5 Å². The number of halogens is 3. The molecule has 1 aliphatic rings. The maximum absolute atomic E-state index is 13.5. The number of aromatic nitrogens is 1. The van der Waals surface area contributed by atoms with Crippen molar-refractivity contribution in [2.75, 3.05) is 38.9 Å². The Morgan fingerprint density at radius 2 is 1.89 bits per heavy atom. The Morgan fingerprint density at radius 1 is 1.20 bits per heavy atom. The zero-order valence-corrected chi connectivity index (χ0v) is 19.6. The molecular formula is C23H24F3N3O5S. The number of H-pyrrole nitrogens is 1. The molecule has 35 heavy (non-hydrogen) atoms. The number of ether oxygens (including phenoxy) is 1. The lowest BCUT2D eigenvalue weighted by atomic mass is 9.92. The molecule has 1 amide bonds. The third-order valence-corrected chi connectivity index (χ3v) is 7.09. The third-order valence-electron chi connectivity index (χ3n) is 6.15. The molecule has 0 bridgehead atoms. The van der Waals surface area contributed by atoms with Gasteiger partial charge in [-0.05, 0) is 31.0 Å². The first-order chi connectivity index (χ1) is 16.7. The van der Waals surface area contributed by atoms with Crippen LogP contribution in [-0.2, 0) is 20.0 Å². The number of amides is 1. The molecule has 0 radical (unpaired) electrons. The number of aliphatic hydroxyl groups excluding tert-OH is 1. The van der Waals surface area contributed by atoms with Crippen molar-refractivity contribution in [1.82, 2.24) is 9.88 Å². The smallest absolute Gasteiger partial charge is 0.256 e. The van der Waals surface area contributed by atoms with Gasteiger partial charge in [-0.3, -0.25) is 13.9 Å². The van der Waals surface area contributed by atoms with Crippen LogP contribution in [0.4, 0.5) is 18.9 Å². The van der Waals surface area contributed by atoms with Crippen LogP contribution in [0.1, 0.15) is 23.2 Å². The molecule has 188 valence electrons. The summed E-state index contributed by atoms with van der Waals surface area (Å²) in [5.41, 5.74) is -0.246. The largest absolute Gasteiger partial charge is 0.393 e. The van der Waals surface area contributed by atoms with Gasteiger partial charge in [-0.2, -0.15) is 0 Å². The molecule has 1 fully saturated rings. The quantitative estimate of drug-likeness (QED) is 0.401. The summed E-state index contributed by atoms with van der Waals surface area (Å²) in [6.45, 7) is 1.15. The highest BCUT2D eigenvalue weighted by Gasteiger charge is 2.34. The van der Waals surface area contributed by atoms with Gasteiger partial charge in [-0.25, -0.2) is 17.4 Å². The van der Waals surface area contributed by atoms with Gasteiger partial charge in [0.25, 0.3) is 5.91 Å². The Hall–Kier alpha value is -2.77. The van der Waals surface area contributed by atoms with Crippen molar-refractivity contribution in [1.29, 1.82) is 0 Å². The van der Waals surface area contributed by atoms with E-state index >= 15 is 0 Å². The predicted octanol–water partition coefficient (Wildman–Crippen LogP) is 3.31. The molecule has 1 aliphatic heterocycles.